The van der Waals surface area contributed by atoms with Crippen molar-refractivity contribution in [3.05, 3.63) is 40.9 Å². The third-order valence-corrected chi connectivity index (χ3v) is 4.76. The molecule has 0 saturated heterocycles. The summed E-state index contributed by atoms with van der Waals surface area (Å²) in [5.74, 6) is 0.801. The molecule has 3 aromatic heterocycles. The second-order valence-corrected chi connectivity index (χ2v) is 7.03. The highest BCUT2D eigenvalue weighted by molar-refractivity contribution is 5.80. The molecule has 3 heterocycles. The molecule has 0 unspecified atom stereocenters. The number of rotatable bonds is 12. The SMILES string of the molecule is CCCOCCn1c(=O)c(NCCCCO)nc2cnc(-c3ccc(OC)nc3)cc21. The van der Waals surface area contributed by atoms with Gasteiger partial charge in [-0.05, 0) is 31.4 Å². The van der Waals surface area contributed by atoms with Crippen molar-refractivity contribution in [2.24, 2.45) is 0 Å². The fourth-order valence-electron chi connectivity index (χ4n) is 3.14. The van der Waals surface area contributed by atoms with Crippen molar-refractivity contribution in [3.63, 3.8) is 0 Å². The van der Waals surface area contributed by atoms with Crippen LogP contribution in [0.25, 0.3) is 22.3 Å². The van der Waals surface area contributed by atoms with Crippen molar-refractivity contribution in [1.29, 1.82) is 0 Å². The lowest BCUT2D eigenvalue weighted by Gasteiger charge is -2.14. The molecule has 0 amide bonds. The molecule has 0 bridgehead atoms. The van der Waals surface area contributed by atoms with E-state index in [4.69, 9.17) is 14.6 Å². The highest BCUT2D eigenvalue weighted by Crippen LogP contribution is 2.22. The summed E-state index contributed by atoms with van der Waals surface area (Å²) < 4.78 is 12.4. The molecule has 3 aromatic rings. The Kier molecular flexibility index (Phi) is 8.31. The van der Waals surface area contributed by atoms with Crippen molar-refractivity contribution >= 4 is 16.9 Å². The van der Waals surface area contributed by atoms with Gasteiger partial charge in [-0.3, -0.25) is 9.78 Å². The first kappa shape index (κ1) is 22.6. The lowest BCUT2D eigenvalue weighted by atomic mass is 10.2. The van der Waals surface area contributed by atoms with Crippen molar-refractivity contribution in [2.45, 2.75) is 32.7 Å². The van der Waals surface area contributed by atoms with Crippen LogP contribution in [-0.4, -0.2) is 58.1 Å². The molecule has 0 aliphatic heterocycles. The fourth-order valence-corrected chi connectivity index (χ4v) is 3.14. The van der Waals surface area contributed by atoms with Crippen LogP contribution < -0.4 is 15.6 Å². The minimum Gasteiger partial charge on any atom is -0.481 e. The van der Waals surface area contributed by atoms with Gasteiger partial charge in [0.15, 0.2) is 5.82 Å². The molecule has 0 spiro atoms. The molecule has 0 atom stereocenters. The molecule has 0 aromatic carbocycles. The van der Waals surface area contributed by atoms with Crippen LogP contribution in [0.2, 0.25) is 0 Å². The molecular weight excluding hydrogens is 398 g/mol. The van der Waals surface area contributed by atoms with E-state index in [1.807, 2.05) is 19.1 Å². The van der Waals surface area contributed by atoms with Crippen LogP contribution in [-0.2, 0) is 11.3 Å². The van der Waals surface area contributed by atoms with E-state index in [1.54, 1.807) is 30.1 Å². The first-order valence-electron chi connectivity index (χ1n) is 10.5. The number of anilines is 1. The molecule has 2 N–H and O–H groups in total. The van der Waals surface area contributed by atoms with Crippen molar-refractivity contribution in [2.75, 3.05) is 38.8 Å². The molecule has 9 heteroatoms. The van der Waals surface area contributed by atoms with E-state index in [9.17, 15) is 4.79 Å². The quantitative estimate of drug-likeness (QED) is 0.424. The molecule has 166 valence electrons. The van der Waals surface area contributed by atoms with E-state index in [0.717, 1.165) is 18.4 Å². The number of fused-ring (bicyclic) bond motifs is 1. The van der Waals surface area contributed by atoms with Gasteiger partial charge >= 0.3 is 0 Å². The Morgan fingerprint density at radius 1 is 1.16 bits per heavy atom. The van der Waals surface area contributed by atoms with Gasteiger partial charge in [0.2, 0.25) is 5.88 Å². The van der Waals surface area contributed by atoms with Crippen molar-refractivity contribution < 1.29 is 14.6 Å². The molecule has 3 rings (SSSR count). The molecule has 0 aliphatic carbocycles. The maximum Gasteiger partial charge on any atom is 0.293 e. The van der Waals surface area contributed by atoms with Crippen LogP contribution in [0.1, 0.15) is 26.2 Å². The number of ether oxygens (including phenoxy) is 2. The topological polar surface area (TPSA) is 111 Å². The number of aromatic nitrogens is 4. The predicted octanol–water partition coefficient (Wildman–Crippen LogP) is 2.47. The standard InChI is InChI=1S/C22H29N5O4/c1-3-11-31-12-9-27-19-13-17(16-6-7-20(30-2)25-14-16)24-15-18(19)26-21(22(27)29)23-8-4-5-10-28/h6-7,13-15,28H,3-5,8-12H2,1-2H3,(H,23,26). The average Bonchev–Trinajstić information content (AvgIpc) is 2.81. The van der Waals surface area contributed by atoms with Crippen molar-refractivity contribution in [1.82, 2.24) is 19.5 Å². The van der Waals surface area contributed by atoms with Gasteiger partial charge in [-0.2, -0.15) is 0 Å². The fraction of sp³-hybridized carbons (Fsp3) is 0.455. The minimum atomic E-state index is -0.207. The van der Waals surface area contributed by atoms with Gasteiger partial charge < -0.3 is 24.5 Å². The van der Waals surface area contributed by atoms with Gasteiger partial charge in [0, 0.05) is 44.1 Å². The normalized spacial score (nSPS) is 11.1. The number of aliphatic hydroxyl groups excluding tert-OH is 1. The maximum atomic E-state index is 13.1. The van der Waals surface area contributed by atoms with Gasteiger partial charge in [-0.25, -0.2) is 9.97 Å². The van der Waals surface area contributed by atoms with Crippen LogP contribution >= 0.6 is 0 Å². The number of hydrogen-bond acceptors (Lipinski definition) is 8. The Morgan fingerprint density at radius 2 is 2.03 bits per heavy atom. The third-order valence-electron chi connectivity index (χ3n) is 4.76. The lowest BCUT2D eigenvalue weighted by molar-refractivity contribution is 0.127. The Bertz CT molecular complexity index is 1040. The predicted molar refractivity (Wildman–Crippen MR) is 120 cm³/mol. The molecular formula is C22H29N5O4. The Labute approximate surface area is 181 Å². The number of pyridine rings is 2. The summed E-state index contributed by atoms with van der Waals surface area (Å²) in [6.07, 6.45) is 5.68. The Morgan fingerprint density at radius 3 is 2.74 bits per heavy atom. The number of methoxy groups -OCH3 is 1. The average molecular weight is 428 g/mol. The maximum absolute atomic E-state index is 13.1. The number of nitrogens with one attached hydrogen (secondary N) is 1. The summed E-state index contributed by atoms with van der Waals surface area (Å²) in [7, 11) is 1.57. The first-order valence-corrected chi connectivity index (χ1v) is 10.5. The zero-order valence-corrected chi connectivity index (χ0v) is 18.0. The number of unbranched alkanes of at least 4 members (excludes halogenated alkanes) is 1. The summed E-state index contributed by atoms with van der Waals surface area (Å²) >= 11 is 0. The summed E-state index contributed by atoms with van der Waals surface area (Å²) in [4.78, 5) is 26.4. The first-order chi connectivity index (χ1) is 15.2. The summed E-state index contributed by atoms with van der Waals surface area (Å²) in [5, 5.41) is 12.0. The zero-order chi connectivity index (χ0) is 22.1. The van der Waals surface area contributed by atoms with E-state index < -0.39 is 0 Å². The Hall–Kier alpha value is -3.04. The minimum absolute atomic E-state index is 0.124. The van der Waals surface area contributed by atoms with Gasteiger partial charge in [-0.15, -0.1) is 0 Å². The van der Waals surface area contributed by atoms with E-state index in [1.165, 1.54) is 0 Å². The number of nitrogens with zero attached hydrogens (tertiary/aromatic N) is 4. The molecule has 0 radical (unpaired) electrons. The van der Waals surface area contributed by atoms with Crippen LogP contribution in [0.4, 0.5) is 5.82 Å². The highest BCUT2D eigenvalue weighted by atomic mass is 16.5. The second kappa shape index (κ2) is 11.4. The lowest BCUT2D eigenvalue weighted by Crippen LogP contribution is -2.27. The number of hydrogen-bond donors (Lipinski definition) is 2. The van der Waals surface area contributed by atoms with Crippen LogP contribution in [0, 0.1) is 0 Å². The molecule has 0 aliphatic rings. The molecule has 9 nitrogen and oxygen atoms in total. The van der Waals surface area contributed by atoms with Gasteiger partial charge in [-0.1, -0.05) is 6.92 Å². The van der Waals surface area contributed by atoms with Crippen molar-refractivity contribution in [3.8, 4) is 17.1 Å². The van der Waals surface area contributed by atoms with Gasteiger partial charge in [0.05, 0.1) is 31.1 Å². The smallest absolute Gasteiger partial charge is 0.293 e. The van der Waals surface area contributed by atoms with Crippen LogP contribution in [0.3, 0.4) is 0 Å². The van der Waals surface area contributed by atoms with Crippen LogP contribution in [0.5, 0.6) is 5.88 Å². The van der Waals surface area contributed by atoms with E-state index >= 15 is 0 Å². The largest absolute Gasteiger partial charge is 0.481 e. The molecule has 0 fully saturated rings. The summed E-state index contributed by atoms with van der Waals surface area (Å²) in [5.41, 5.74) is 2.60. The van der Waals surface area contributed by atoms with E-state index in [0.29, 0.717) is 55.3 Å². The van der Waals surface area contributed by atoms with E-state index in [2.05, 4.69) is 20.3 Å². The van der Waals surface area contributed by atoms with E-state index in [-0.39, 0.29) is 18.0 Å². The molecule has 31 heavy (non-hydrogen) atoms. The molecule has 0 saturated carbocycles. The second-order valence-electron chi connectivity index (χ2n) is 7.03. The highest BCUT2D eigenvalue weighted by Gasteiger charge is 2.13. The van der Waals surface area contributed by atoms with Crippen LogP contribution in [0.15, 0.2) is 35.4 Å². The van der Waals surface area contributed by atoms with Gasteiger partial charge in [0.25, 0.3) is 5.56 Å². The third kappa shape index (κ3) is 5.77. The zero-order valence-electron chi connectivity index (χ0n) is 18.0. The summed E-state index contributed by atoms with van der Waals surface area (Å²) in [6.45, 7) is 4.21. The Balaban J connectivity index is 1.97. The summed E-state index contributed by atoms with van der Waals surface area (Å²) in [6, 6.07) is 5.49. The van der Waals surface area contributed by atoms with Gasteiger partial charge in [0.1, 0.15) is 5.52 Å². The number of aliphatic hydroxyl groups is 1. The monoisotopic (exact) mass is 427 g/mol.